The van der Waals surface area contributed by atoms with Crippen LogP contribution < -0.4 is 5.56 Å². The molecule has 1 fully saturated rings. The van der Waals surface area contributed by atoms with Crippen LogP contribution >= 0.6 is 0 Å². The Balaban J connectivity index is 1.57. The minimum atomic E-state index is -0.200. The minimum Gasteiger partial charge on any atom is -0.327 e. The highest BCUT2D eigenvalue weighted by molar-refractivity contribution is 5.97. The van der Waals surface area contributed by atoms with Gasteiger partial charge in [0.15, 0.2) is 0 Å². The summed E-state index contributed by atoms with van der Waals surface area (Å²) in [5.74, 6) is -0.0583. The standard InChI is InChI=1S/C22H20N2O2/c25-21-18-8-4-2-6-15(18)13-19(23-21)22(26)24(16-10-11-16)20-12-9-14-5-1-3-7-17(14)20/h1-8,13,16,20H,9-12H2,(H,23,25). The van der Waals surface area contributed by atoms with Crippen LogP contribution in [0.4, 0.5) is 0 Å². The number of carbonyl (C=O) groups excluding carboxylic acids is 1. The van der Waals surface area contributed by atoms with E-state index in [0.717, 1.165) is 31.1 Å². The van der Waals surface area contributed by atoms with Gasteiger partial charge in [0.2, 0.25) is 0 Å². The summed E-state index contributed by atoms with van der Waals surface area (Å²) in [4.78, 5) is 30.6. The number of hydrogen-bond donors (Lipinski definition) is 1. The summed E-state index contributed by atoms with van der Waals surface area (Å²) in [5, 5.41) is 1.43. The first-order valence-corrected chi connectivity index (χ1v) is 9.25. The molecule has 2 aliphatic rings. The summed E-state index contributed by atoms with van der Waals surface area (Å²) < 4.78 is 0. The van der Waals surface area contributed by atoms with Gasteiger partial charge >= 0.3 is 0 Å². The predicted molar refractivity (Wildman–Crippen MR) is 101 cm³/mol. The molecule has 3 aromatic rings. The molecule has 1 N–H and O–H groups in total. The van der Waals surface area contributed by atoms with E-state index in [-0.39, 0.29) is 23.6 Å². The zero-order chi connectivity index (χ0) is 17.7. The van der Waals surface area contributed by atoms with E-state index in [0.29, 0.717) is 11.1 Å². The molecule has 130 valence electrons. The molecule has 0 spiro atoms. The molecule has 0 bridgehead atoms. The number of rotatable bonds is 3. The Hall–Kier alpha value is -2.88. The molecule has 1 atom stereocenters. The lowest BCUT2D eigenvalue weighted by Gasteiger charge is -2.30. The average molecular weight is 344 g/mol. The number of carbonyl (C=O) groups is 1. The van der Waals surface area contributed by atoms with E-state index in [1.807, 2.05) is 35.2 Å². The van der Waals surface area contributed by atoms with Crippen molar-refractivity contribution in [1.29, 1.82) is 0 Å². The van der Waals surface area contributed by atoms with Crippen LogP contribution in [0.25, 0.3) is 10.8 Å². The third kappa shape index (κ3) is 2.45. The molecule has 0 aliphatic heterocycles. The highest BCUT2D eigenvalue weighted by Crippen LogP contribution is 2.42. The van der Waals surface area contributed by atoms with Crippen LogP contribution in [0.5, 0.6) is 0 Å². The van der Waals surface area contributed by atoms with Gasteiger partial charge in [0, 0.05) is 11.4 Å². The van der Waals surface area contributed by atoms with Gasteiger partial charge in [-0.1, -0.05) is 42.5 Å². The second-order valence-electron chi connectivity index (χ2n) is 7.30. The van der Waals surface area contributed by atoms with E-state index in [9.17, 15) is 9.59 Å². The molecule has 2 aliphatic carbocycles. The van der Waals surface area contributed by atoms with Gasteiger partial charge < -0.3 is 9.88 Å². The first kappa shape index (κ1) is 15.4. The van der Waals surface area contributed by atoms with Crippen molar-refractivity contribution < 1.29 is 4.79 Å². The molecule has 0 saturated heterocycles. The van der Waals surface area contributed by atoms with Crippen LogP contribution in [0.2, 0.25) is 0 Å². The van der Waals surface area contributed by atoms with Crippen molar-refractivity contribution in [3.05, 3.63) is 81.8 Å². The Morgan fingerprint density at radius 1 is 1.00 bits per heavy atom. The number of H-pyrrole nitrogens is 1. The van der Waals surface area contributed by atoms with Crippen molar-refractivity contribution in [2.75, 3.05) is 0 Å². The Morgan fingerprint density at radius 2 is 1.77 bits per heavy atom. The lowest BCUT2D eigenvalue weighted by molar-refractivity contribution is 0.0652. The summed E-state index contributed by atoms with van der Waals surface area (Å²) in [7, 11) is 0. The van der Waals surface area contributed by atoms with Gasteiger partial charge in [-0.3, -0.25) is 9.59 Å². The van der Waals surface area contributed by atoms with Crippen molar-refractivity contribution in [2.45, 2.75) is 37.8 Å². The number of pyridine rings is 1. The van der Waals surface area contributed by atoms with Crippen molar-refractivity contribution in [2.24, 2.45) is 0 Å². The van der Waals surface area contributed by atoms with Crippen LogP contribution in [0.1, 0.15) is 46.9 Å². The zero-order valence-electron chi connectivity index (χ0n) is 14.4. The maximum absolute atomic E-state index is 13.4. The van der Waals surface area contributed by atoms with Gasteiger partial charge in [-0.2, -0.15) is 0 Å². The fourth-order valence-corrected chi connectivity index (χ4v) is 4.20. The Morgan fingerprint density at radius 3 is 2.62 bits per heavy atom. The van der Waals surface area contributed by atoms with Crippen molar-refractivity contribution in [1.82, 2.24) is 9.88 Å². The normalized spacial score (nSPS) is 18.7. The Kier molecular flexibility index (Phi) is 3.45. The summed E-state index contributed by atoms with van der Waals surface area (Å²) in [6, 6.07) is 18.0. The Bertz CT molecular complexity index is 1060. The van der Waals surface area contributed by atoms with Crippen molar-refractivity contribution in [3.63, 3.8) is 0 Å². The first-order chi connectivity index (χ1) is 12.7. The fourth-order valence-electron chi connectivity index (χ4n) is 4.20. The van der Waals surface area contributed by atoms with Crippen LogP contribution in [0, 0.1) is 0 Å². The molecule has 5 rings (SSSR count). The lowest BCUT2D eigenvalue weighted by atomic mass is 10.1. The van der Waals surface area contributed by atoms with Crippen molar-refractivity contribution in [3.8, 4) is 0 Å². The van der Waals surface area contributed by atoms with Gasteiger partial charge in [-0.05, 0) is 54.3 Å². The Labute approximate surface area is 151 Å². The van der Waals surface area contributed by atoms with E-state index in [4.69, 9.17) is 0 Å². The zero-order valence-corrected chi connectivity index (χ0v) is 14.4. The van der Waals surface area contributed by atoms with Crippen LogP contribution in [0.15, 0.2) is 59.4 Å². The van der Waals surface area contributed by atoms with E-state index in [1.54, 1.807) is 6.07 Å². The third-order valence-electron chi connectivity index (χ3n) is 5.60. The molecule has 0 radical (unpaired) electrons. The van der Waals surface area contributed by atoms with Gasteiger partial charge in [-0.15, -0.1) is 0 Å². The van der Waals surface area contributed by atoms with Gasteiger partial charge in [0.1, 0.15) is 5.69 Å². The summed E-state index contributed by atoms with van der Waals surface area (Å²) in [6.07, 6.45) is 4.05. The predicted octanol–water partition coefficient (Wildman–Crippen LogP) is 3.82. The highest BCUT2D eigenvalue weighted by atomic mass is 16.2. The number of amides is 1. The number of aryl methyl sites for hydroxylation is 1. The maximum atomic E-state index is 13.4. The van der Waals surface area contributed by atoms with E-state index >= 15 is 0 Å². The molecule has 26 heavy (non-hydrogen) atoms. The summed E-state index contributed by atoms with van der Waals surface area (Å²) in [5.41, 5.74) is 2.79. The van der Waals surface area contributed by atoms with E-state index in [2.05, 4.69) is 23.2 Å². The molecule has 1 heterocycles. The summed E-state index contributed by atoms with van der Waals surface area (Å²) >= 11 is 0. The largest absolute Gasteiger partial charge is 0.327 e. The van der Waals surface area contributed by atoms with Gasteiger partial charge in [-0.25, -0.2) is 0 Å². The number of aromatic nitrogens is 1. The number of nitrogens with one attached hydrogen (secondary N) is 1. The fraction of sp³-hybridized carbons (Fsp3) is 0.273. The maximum Gasteiger partial charge on any atom is 0.271 e. The summed E-state index contributed by atoms with van der Waals surface area (Å²) in [6.45, 7) is 0. The van der Waals surface area contributed by atoms with Crippen molar-refractivity contribution >= 4 is 16.7 Å². The van der Waals surface area contributed by atoms with Crippen LogP contribution in [0.3, 0.4) is 0 Å². The monoisotopic (exact) mass is 344 g/mol. The third-order valence-corrected chi connectivity index (χ3v) is 5.60. The lowest BCUT2D eigenvalue weighted by Crippen LogP contribution is -2.37. The quantitative estimate of drug-likeness (QED) is 0.785. The van der Waals surface area contributed by atoms with Crippen LogP contribution in [-0.2, 0) is 6.42 Å². The van der Waals surface area contributed by atoms with E-state index in [1.165, 1.54) is 11.1 Å². The second-order valence-corrected chi connectivity index (χ2v) is 7.30. The molecule has 4 heteroatoms. The number of nitrogens with zero attached hydrogens (tertiary/aromatic N) is 1. The van der Waals surface area contributed by atoms with Crippen LogP contribution in [-0.4, -0.2) is 21.8 Å². The molecule has 1 saturated carbocycles. The SMILES string of the molecule is O=C(c1cc2ccccc2c(=O)[nH]1)N(C1CC1)C1CCc2ccccc21. The number of benzene rings is 2. The average Bonchev–Trinajstić information content (AvgIpc) is 3.41. The number of aromatic amines is 1. The van der Waals surface area contributed by atoms with Gasteiger partial charge in [0.05, 0.1) is 6.04 Å². The molecule has 4 nitrogen and oxygen atoms in total. The molecular weight excluding hydrogens is 324 g/mol. The number of fused-ring (bicyclic) bond motifs is 2. The highest BCUT2D eigenvalue weighted by Gasteiger charge is 2.41. The smallest absolute Gasteiger partial charge is 0.271 e. The molecular formula is C22H20N2O2. The second kappa shape index (κ2) is 5.84. The topological polar surface area (TPSA) is 53.2 Å². The van der Waals surface area contributed by atoms with E-state index < -0.39 is 0 Å². The molecule has 2 aromatic carbocycles. The van der Waals surface area contributed by atoms with Gasteiger partial charge in [0.25, 0.3) is 11.5 Å². The molecule has 1 aromatic heterocycles. The first-order valence-electron chi connectivity index (χ1n) is 9.25. The molecule has 1 unspecified atom stereocenters. The molecule has 1 amide bonds. The minimum absolute atomic E-state index is 0.0583. The number of hydrogen-bond acceptors (Lipinski definition) is 2.